The number of rotatable bonds is 4. The number of aliphatic carboxylic acids is 1. The highest BCUT2D eigenvalue weighted by molar-refractivity contribution is 5.77. The molecule has 2 amide bonds. The van der Waals surface area contributed by atoms with Crippen LogP contribution in [0.15, 0.2) is 12.4 Å². The summed E-state index contributed by atoms with van der Waals surface area (Å²) < 4.78 is 40.1. The van der Waals surface area contributed by atoms with E-state index < -0.39 is 43.1 Å². The number of carboxylic acid groups (broad SMARTS) is 1. The Kier molecular flexibility index (Phi) is 4.81. The molecule has 10 heteroatoms. The molecule has 2 N–H and O–H groups in total. The van der Waals surface area contributed by atoms with Crippen molar-refractivity contribution in [3.05, 3.63) is 18.0 Å². The third-order valence-corrected chi connectivity index (χ3v) is 3.72. The fourth-order valence-electron chi connectivity index (χ4n) is 2.53. The van der Waals surface area contributed by atoms with Crippen molar-refractivity contribution in [2.24, 2.45) is 11.8 Å². The SMILES string of the molecule is Cc1cnn(CCNC(=O)N2C[C@@H](C(F)(F)F)[C@H](C(=O)O)C2)c1. The number of carboxylic acids is 1. The first-order valence-electron chi connectivity index (χ1n) is 7.00. The number of urea groups is 1. The van der Waals surface area contributed by atoms with Crippen LogP contribution in [0.5, 0.6) is 0 Å². The summed E-state index contributed by atoms with van der Waals surface area (Å²) in [6, 6.07) is -0.702. The first kappa shape index (κ1) is 17.1. The van der Waals surface area contributed by atoms with E-state index >= 15 is 0 Å². The Morgan fingerprint density at radius 3 is 2.61 bits per heavy atom. The number of carbonyl (C=O) groups is 2. The first-order valence-corrected chi connectivity index (χ1v) is 7.00. The van der Waals surface area contributed by atoms with E-state index in [1.54, 1.807) is 17.1 Å². The van der Waals surface area contributed by atoms with Gasteiger partial charge in [0.2, 0.25) is 0 Å². The average Bonchev–Trinajstić information content (AvgIpc) is 3.04. The molecule has 1 aliphatic rings. The van der Waals surface area contributed by atoms with Crippen LogP contribution in [0.3, 0.4) is 0 Å². The third-order valence-electron chi connectivity index (χ3n) is 3.72. The molecule has 2 heterocycles. The van der Waals surface area contributed by atoms with Crippen molar-refractivity contribution in [3.63, 3.8) is 0 Å². The Balaban J connectivity index is 1.88. The Labute approximate surface area is 130 Å². The van der Waals surface area contributed by atoms with Crippen molar-refractivity contribution in [3.8, 4) is 0 Å². The number of aryl methyl sites for hydroxylation is 1. The van der Waals surface area contributed by atoms with Crippen LogP contribution in [0.25, 0.3) is 0 Å². The highest BCUT2D eigenvalue weighted by Crippen LogP contribution is 2.37. The van der Waals surface area contributed by atoms with Gasteiger partial charge in [0.25, 0.3) is 0 Å². The number of nitrogens with one attached hydrogen (secondary N) is 1. The van der Waals surface area contributed by atoms with E-state index in [1.807, 2.05) is 6.92 Å². The molecule has 0 unspecified atom stereocenters. The van der Waals surface area contributed by atoms with E-state index in [-0.39, 0.29) is 6.54 Å². The van der Waals surface area contributed by atoms with Crippen molar-refractivity contribution in [2.75, 3.05) is 19.6 Å². The average molecular weight is 334 g/mol. The highest BCUT2D eigenvalue weighted by Gasteiger charge is 2.53. The Morgan fingerprint density at radius 1 is 1.43 bits per heavy atom. The van der Waals surface area contributed by atoms with Gasteiger partial charge in [-0.1, -0.05) is 0 Å². The molecule has 128 valence electrons. The highest BCUT2D eigenvalue weighted by atomic mass is 19.4. The summed E-state index contributed by atoms with van der Waals surface area (Å²) in [6.07, 6.45) is -1.24. The smallest absolute Gasteiger partial charge is 0.394 e. The van der Waals surface area contributed by atoms with Gasteiger partial charge >= 0.3 is 18.2 Å². The van der Waals surface area contributed by atoms with Crippen molar-refractivity contribution in [2.45, 2.75) is 19.6 Å². The lowest BCUT2D eigenvalue weighted by Gasteiger charge is -2.18. The Bertz CT molecular complexity index is 587. The number of halogens is 3. The van der Waals surface area contributed by atoms with E-state index in [9.17, 15) is 22.8 Å². The van der Waals surface area contributed by atoms with E-state index in [0.717, 1.165) is 10.5 Å². The van der Waals surface area contributed by atoms with Gasteiger partial charge in [0.15, 0.2) is 0 Å². The van der Waals surface area contributed by atoms with Crippen LogP contribution in [0.1, 0.15) is 5.56 Å². The van der Waals surface area contributed by atoms with Crippen molar-refractivity contribution in [1.29, 1.82) is 0 Å². The second-order valence-corrected chi connectivity index (χ2v) is 5.51. The van der Waals surface area contributed by atoms with Crippen LogP contribution >= 0.6 is 0 Å². The molecule has 1 fully saturated rings. The minimum absolute atomic E-state index is 0.185. The summed E-state index contributed by atoms with van der Waals surface area (Å²) in [4.78, 5) is 23.8. The number of nitrogens with zero attached hydrogens (tertiary/aromatic N) is 3. The van der Waals surface area contributed by atoms with Gasteiger partial charge < -0.3 is 15.3 Å². The van der Waals surface area contributed by atoms with E-state index in [1.165, 1.54) is 0 Å². The third kappa shape index (κ3) is 4.14. The normalized spacial score (nSPS) is 21.5. The lowest BCUT2D eigenvalue weighted by molar-refractivity contribution is -0.187. The number of likely N-dealkylation sites (tertiary alicyclic amines) is 1. The molecule has 1 aromatic heterocycles. The van der Waals surface area contributed by atoms with Gasteiger partial charge in [-0.25, -0.2) is 4.79 Å². The molecule has 7 nitrogen and oxygen atoms in total. The summed E-state index contributed by atoms with van der Waals surface area (Å²) in [5.74, 6) is -5.22. The maximum absolute atomic E-state index is 12.9. The fraction of sp³-hybridized carbons (Fsp3) is 0.615. The molecule has 0 bridgehead atoms. The van der Waals surface area contributed by atoms with E-state index in [4.69, 9.17) is 5.11 Å². The molecule has 0 radical (unpaired) electrons. The van der Waals surface area contributed by atoms with Crippen LogP contribution in [0.4, 0.5) is 18.0 Å². The predicted octanol–water partition coefficient (Wildman–Crippen LogP) is 1.10. The number of hydrogen-bond donors (Lipinski definition) is 2. The maximum Gasteiger partial charge on any atom is 0.394 e. The van der Waals surface area contributed by atoms with Gasteiger partial charge in [-0.15, -0.1) is 0 Å². The second-order valence-electron chi connectivity index (χ2n) is 5.51. The van der Waals surface area contributed by atoms with Crippen molar-refractivity contribution < 1.29 is 27.9 Å². The summed E-state index contributed by atoms with van der Waals surface area (Å²) in [6.45, 7) is 1.32. The van der Waals surface area contributed by atoms with Gasteiger partial charge in [0.1, 0.15) is 0 Å². The molecule has 0 spiro atoms. The largest absolute Gasteiger partial charge is 0.481 e. The van der Waals surface area contributed by atoms with Crippen LogP contribution < -0.4 is 5.32 Å². The first-order chi connectivity index (χ1) is 10.7. The lowest BCUT2D eigenvalue weighted by atomic mass is 9.96. The number of aromatic nitrogens is 2. The topological polar surface area (TPSA) is 87.5 Å². The molecule has 1 aliphatic heterocycles. The van der Waals surface area contributed by atoms with Gasteiger partial charge in [-0.2, -0.15) is 18.3 Å². The quantitative estimate of drug-likeness (QED) is 0.863. The zero-order valence-electron chi connectivity index (χ0n) is 12.4. The van der Waals surface area contributed by atoms with Crippen molar-refractivity contribution in [1.82, 2.24) is 20.0 Å². The van der Waals surface area contributed by atoms with Gasteiger partial charge in [-0.3, -0.25) is 9.48 Å². The molecule has 23 heavy (non-hydrogen) atoms. The molecule has 2 atom stereocenters. The molecule has 0 aliphatic carbocycles. The monoisotopic (exact) mass is 334 g/mol. The maximum atomic E-state index is 12.9. The van der Waals surface area contributed by atoms with Gasteiger partial charge in [0.05, 0.1) is 24.6 Å². The molecule has 0 aromatic carbocycles. The minimum Gasteiger partial charge on any atom is -0.481 e. The Hall–Kier alpha value is -2.26. The van der Waals surface area contributed by atoms with Gasteiger partial charge in [-0.05, 0) is 12.5 Å². The van der Waals surface area contributed by atoms with Crippen molar-refractivity contribution >= 4 is 12.0 Å². The second kappa shape index (κ2) is 6.47. The molecule has 0 saturated carbocycles. The van der Waals surface area contributed by atoms with Crippen LogP contribution in [0.2, 0.25) is 0 Å². The summed E-state index contributed by atoms with van der Waals surface area (Å²) in [5, 5.41) is 15.4. The standard InChI is InChI=1S/C13H17F3N4O3/c1-8-4-18-20(5-8)3-2-17-12(23)19-6-9(11(21)22)10(7-19)13(14,15)16/h4-5,9-10H,2-3,6-7H2,1H3,(H,17,23)(H,21,22)/t9-,10-/m1/s1. The van der Waals surface area contributed by atoms with Crippen LogP contribution in [-0.4, -0.2) is 57.6 Å². The molecular weight excluding hydrogens is 317 g/mol. The fourth-order valence-corrected chi connectivity index (χ4v) is 2.53. The van der Waals surface area contributed by atoms with E-state index in [2.05, 4.69) is 10.4 Å². The summed E-state index contributed by atoms with van der Waals surface area (Å²) >= 11 is 0. The summed E-state index contributed by atoms with van der Waals surface area (Å²) in [7, 11) is 0. The number of carbonyl (C=O) groups excluding carboxylic acids is 1. The zero-order chi connectivity index (χ0) is 17.2. The predicted molar refractivity (Wildman–Crippen MR) is 72.6 cm³/mol. The molecule has 1 saturated heterocycles. The lowest BCUT2D eigenvalue weighted by Crippen LogP contribution is -2.40. The molecule has 2 rings (SSSR count). The number of alkyl halides is 3. The van der Waals surface area contributed by atoms with Gasteiger partial charge in [0, 0.05) is 25.8 Å². The van der Waals surface area contributed by atoms with E-state index in [0.29, 0.717) is 6.54 Å². The molecule has 1 aromatic rings. The summed E-state index contributed by atoms with van der Waals surface area (Å²) in [5.41, 5.74) is 0.952. The Morgan fingerprint density at radius 2 is 2.13 bits per heavy atom. The number of amides is 2. The minimum atomic E-state index is -4.65. The number of hydrogen-bond acceptors (Lipinski definition) is 3. The molecular formula is C13H17F3N4O3. The van der Waals surface area contributed by atoms with Crippen LogP contribution in [0, 0.1) is 18.8 Å². The van der Waals surface area contributed by atoms with Crippen LogP contribution in [-0.2, 0) is 11.3 Å². The zero-order valence-corrected chi connectivity index (χ0v) is 12.4.